The van der Waals surface area contributed by atoms with Crippen molar-refractivity contribution in [1.29, 1.82) is 0 Å². The minimum atomic E-state index is -1.12. The van der Waals surface area contributed by atoms with Crippen LogP contribution in [0.1, 0.15) is 6.42 Å². The van der Waals surface area contributed by atoms with Gasteiger partial charge < -0.3 is 24.8 Å². The van der Waals surface area contributed by atoms with Gasteiger partial charge >= 0.3 is 0 Å². The van der Waals surface area contributed by atoms with Crippen LogP contribution in [0.2, 0.25) is 5.02 Å². The maximum atomic E-state index is 15.5. The topological polar surface area (TPSA) is 132 Å². The van der Waals surface area contributed by atoms with Crippen LogP contribution in [0.5, 0.6) is 0 Å². The fraction of sp³-hybridized carbons (Fsp3) is 0.333. The predicted octanol–water partition coefficient (Wildman–Crippen LogP) is 1.90. The van der Waals surface area contributed by atoms with Gasteiger partial charge in [0.25, 0.3) is 0 Å². The third kappa shape index (κ3) is 3.29. The van der Waals surface area contributed by atoms with Gasteiger partial charge in [0, 0.05) is 30.2 Å². The molecule has 3 aromatic heterocycles. The molecule has 4 heterocycles. The fourth-order valence-electron chi connectivity index (χ4n) is 4.34. The summed E-state index contributed by atoms with van der Waals surface area (Å²) < 4.78 is 30.3. The first kappa shape index (κ1) is 21.2. The number of imidazole rings is 1. The minimum Gasteiger partial charge on any atom is -0.389 e. The molecule has 4 N–H and O–H groups in total. The molecule has 2 aliphatic rings. The summed E-state index contributed by atoms with van der Waals surface area (Å²) in [6, 6.07) is 0. The molecule has 13 heteroatoms. The number of rotatable bonds is 4. The second kappa shape index (κ2) is 7.58. The SMILES string of the molecule is O=C(Nc1cn2cc(-c3c(Cl)c(F)c(N4C[C@H](O)[C@@H](O)C4)c4[nH]ncc34)ncc2n1)C1CC1F. The Labute approximate surface area is 195 Å². The van der Waals surface area contributed by atoms with Crippen molar-refractivity contribution in [1.82, 2.24) is 24.6 Å². The molecule has 1 saturated heterocycles. The summed E-state index contributed by atoms with van der Waals surface area (Å²) in [6.45, 7) is 0.0826. The van der Waals surface area contributed by atoms with E-state index in [2.05, 4.69) is 25.5 Å². The maximum Gasteiger partial charge on any atom is 0.231 e. The minimum absolute atomic E-state index is 0.0413. The molecule has 1 aromatic carbocycles. The monoisotopic (exact) mass is 489 g/mol. The third-order valence-electron chi connectivity index (χ3n) is 6.24. The summed E-state index contributed by atoms with van der Waals surface area (Å²) in [4.78, 5) is 22.2. The number of anilines is 2. The van der Waals surface area contributed by atoms with E-state index in [1.807, 2.05) is 0 Å². The summed E-state index contributed by atoms with van der Waals surface area (Å²) in [6.07, 6.45) is 3.15. The highest BCUT2D eigenvalue weighted by Crippen LogP contribution is 2.43. The normalized spacial score (nSPS) is 24.3. The first-order chi connectivity index (χ1) is 16.3. The number of nitrogens with zero attached hydrogens (tertiary/aromatic N) is 5. The van der Waals surface area contributed by atoms with Crippen LogP contribution >= 0.6 is 11.6 Å². The molecular formula is C21H18ClF2N7O3. The van der Waals surface area contributed by atoms with Crippen molar-refractivity contribution in [2.75, 3.05) is 23.3 Å². The van der Waals surface area contributed by atoms with Crippen molar-refractivity contribution in [3.63, 3.8) is 0 Å². The number of halogens is 3. The molecule has 10 nitrogen and oxygen atoms in total. The Balaban J connectivity index is 1.41. The lowest BCUT2D eigenvalue weighted by Crippen LogP contribution is -2.23. The molecule has 34 heavy (non-hydrogen) atoms. The summed E-state index contributed by atoms with van der Waals surface area (Å²) in [5, 5.41) is 29.5. The van der Waals surface area contributed by atoms with E-state index in [9.17, 15) is 19.4 Å². The fourth-order valence-corrected chi connectivity index (χ4v) is 4.63. The maximum absolute atomic E-state index is 15.5. The van der Waals surface area contributed by atoms with Gasteiger partial charge in [-0.25, -0.2) is 13.8 Å². The second-order valence-electron chi connectivity index (χ2n) is 8.56. The highest BCUT2D eigenvalue weighted by Gasteiger charge is 2.43. The highest BCUT2D eigenvalue weighted by molar-refractivity contribution is 6.36. The molecule has 0 spiro atoms. The number of benzene rings is 1. The Kier molecular flexibility index (Phi) is 4.73. The molecule has 1 saturated carbocycles. The van der Waals surface area contributed by atoms with Crippen LogP contribution in [0.15, 0.2) is 24.8 Å². The first-order valence-electron chi connectivity index (χ1n) is 10.6. The number of aliphatic hydroxyl groups is 2. The molecule has 176 valence electrons. The number of carbonyl (C=O) groups is 1. The van der Waals surface area contributed by atoms with Crippen LogP contribution in [0.3, 0.4) is 0 Å². The number of hydrogen-bond acceptors (Lipinski definition) is 7. The predicted molar refractivity (Wildman–Crippen MR) is 119 cm³/mol. The molecule has 0 bridgehead atoms. The number of aromatic nitrogens is 5. The lowest BCUT2D eigenvalue weighted by atomic mass is 10.0. The van der Waals surface area contributed by atoms with E-state index in [4.69, 9.17) is 11.6 Å². The number of β-amino-alcohol motifs (C(OH)–C–C–N with tert-alkyl or cyclic N) is 2. The van der Waals surface area contributed by atoms with Gasteiger partial charge in [-0.05, 0) is 6.42 Å². The van der Waals surface area contributed by atoms with Crippen molar-refractivity contribution >= 4 is 45.6 Å². The average Bonchev–Trinajstić information content (AvgIpc) is 3.11. The van der Waals surface area contributed by atoms with Crippen LogP contribution in [-0.2, 0) is 4.79 Å². The van der Waals surface area contributed by atoms with Crippen LogP contribution in [0, 0.1) is 11.7 Å². The first-order valence-corrected chi connectivity index (χ1v) is 10.9. The van der Waals surface area contributed by atoms with Gasteiger partial charge in [-0.15, -0.1) is 0 Å². The number of aromatic amines is 1. The van der Waals surface area contributed by atoms with Crippen LogP contribution in [-0.4, -0.2) is 72.2 Å². The van der Waals surface area contributed by atoms with E-state index >= 15 is 4.39 Å². The standard InChI is InChI=1S/C21H18ClF2N7O3/c22-17-16(9-2-26-29-19(9)20(18(17)24)31-5-12(32)13(33)6-31)11-4-30-7-14(27-15(30)3-25-11)28-21(34)8-1-10(8)23/h2-4,7-8,10,12-13,32-33H,1,5-6H2,(H,26,29)(H,28,34)/t8?,10?,12-,13-/m0/s1. The van der Waals surface area contributed by atoms with Gasteiger partial charge in [-0.2, -0.15) is 5.10 Å². The lowest BCUT2D eigenvalue weighted by Gasteiger charge is -2.21. The second-order valence-corrected chi connectivity index (χ2v) is 8.94. The zero-order valence-corrected chi connectivity index (χ0v) is 18.2. The van der Waals surface area contributed by atoms with Crippen molar-refractivity contribution in [3.05, 3.63) is 35.6 Å². The number of carbonyl (C=O) groups excluding carboxylic acids is 1. The number of H-pyrrole nitrogens is 1. The van der Waals surface area contributed by atoms with E-state index in [0.717, 1.165) is 0 Å². The van der Waals surface area contributed by atoms with Crippen molar-refractivity contribution in [2.24, 2.45) is 5.92 Å². The van der Waals surface area contributed by atoms with E-state index in [-0.39, 0.29) is 36.0 Å². The molecule has 2 fully saturated rings. The molecule has 1 aliphatic heterocycles. The average molecular weight is 490 g/mol. The van der Waals surface area contributed by atoms with Gasteiger partial charge in [-0.3, -0.25) is 14.9 Å². The van der Waals surface area contributed by atoms with E-state index in [1.54, 1.807) is 16.8 Å². The van der Waals surface area contributed by atoms with Crippen LogP contribution in [0.25, 0.3) is 27.8 Å². The summed E-state index contributed by atoms with van der Waals surface area (Å²) in [5.74, 6) is -1.57. The number of hydrogen-bond donors (Lipinski definition) is 4. The Morgan fingerprint density at radius 2 is 1.97 bits per heavy atom. The number of alkyl halides is 1. The molecule has 2 unspecified atom stereocenters. The molecule has 0 radical (unpaired) electrons. The largest absolute Gasteiger partial charge is 0.389 e. The number of nitrogens with one attached hydrogen (secondary N) is 2. The Bertz CT molecular complexity index is 1450. The van der Waals surface area contributed by atoms with Crippen LogP contribution < -0.4 is 10.2 Å². The third-order valence-corrected chi connectivity index (χ3v) is 6.59. The highest BCUT2D eigenvalue weighted by atomic mass is 35.5. The van der Waals surface area contributed by atoms with Gasteiger partial charge in [0.1, 0.15) is 11.9 Å². The zero-order valence-electron chi connectivity index (χ0n) is 17.4. The Morgan fingerprint density at radius 3 is 2.68 bits per heavy atom. The van der Waals surface area contributed by atoms with Gasteiger partial charge in [-0.1, -0.05) is 11.6 Å². The number of fused-ring (bicyclic) bond motifs is 2. The molecular weight excluding hydrogens is 472 g/mol. The van der Waals surface area contributed by atoms with Gasteiger partial charge in [0.05, 0.1) is 52.9 Å². The quantitative estimate of drug-likeness (QED) is 0.344. The lowest BCUT2D eigenvalue weighted by molar-refractivity contribution is -0.117. The molecule has 6 rings (SSSR count). The van der Waals surface area contributed by atoms with E-state index in [0.29, 0.717) is 27.8 Å². The molecule has 1 amide bonds. The zero-order chi connectivity index (χ0) is 23.7. The van der Waals surface area contributed by atoms with Gasteiger partial charge in [0.15, 0.2) is 17.3 Å². The number of aliphatic hydroxyl groups excluding tert-OH is 2. The molecule has 4 aromatic rings. The van der Waals surface area contributed by atoms with Crippen molar-refractivity contribution in [3.8, 4) is 11.3 Å². The smallest absolute Gasteiger partial charge is 0.231 e. The summed E-state index contributed by atoms with van der Waals surface area (Å²) in [7, 11) is 0. The number of amides is 1. The van der Waals surface area contributed by atoms with Crippen molar-refractivity contribution < 1.29 is 23.8 Å². The van der Waals surface area contributed by atoms with E-state index in [1.165, 1.54) is 17.3 Å². The van der Waals surface area contributed by atoms with E-state index < -0.39 is 36.0 Å². The molecule has 1 aliphatic carbocycles. The Hall–Kier alpha value is -3.35. The summed E-state index contributed by atoms with van der Waals surface area (Å²) >= 11 is 6.47. The van der Waals surface area contributed by atoms with Crippen LogP contribution in [0.4, 0.5) is 20.3 Å². The van der Waals surface area contributed by atoms with Crippen molar-refractivity contribution in [2.45, 2.75) is 24.8 Å². The molecule has 4 atom stereocenters. The summed E-state index contributed by atoms with van der Waals surface area (Å²) in [5.41, 5.74) is 1.51. The Morgan fingerprint density at radius 1 is 1.24 bits per heavy atom. The van der Waals surface area contributed by atoms with Gasteiger partial charge in [0.2, 0.25) is 5.91 Å².